The van der Waals surface area contributed by atoms with Crippen LogP contribution in [0.4, 0.5) is 0 Å². The van der Waals surface area contributed by atoms with Gasteiger partial charge in [-0.15, -0.1) is 0 Å². The van der Waals surface area contributed by atoms with Gasteiger partial charge in [-0.1, -0.05) is 19.9 Å². The van der Waals surface area contributed by atoms with Gasteiger partial charge in [-0.05, 0) is 12.1 Å². The summed E-state index contributed by atoms with van der Waals surface area (Å²) in [7, 11) is 1.34. The fourth-order valence-corrected chi connectivity index (χ4v) is 1.92. The smallest absolute Gasteiger partial charge is 0.337 e. The average molecular weight is 275 g/mol. The Balaban J connectivity index is 2.42. The Morgan fingerprint density at radius 2 is 2.20 bits per heavy atom. The zero-order valence-electron chi connectivity index (χ0n) is 11.8. The molecule has 1 aromatic rings. The Hall–Kier alpha value is -2.30. The lowest BCUT2D eigenvalue weighted by Gasteiger charge is -2.13. The van der Waals surface area contributed by atoms with Crippen molar-refractivity contribution in [2.45, 2.75) is 20.4 Å². The maximum atomic E-state index is 11.6. The second-order valence-electron chi connectivity index (χ2n) is 4.88. The van der Waals surface area contributed by atoms with Gasteiger partial charge < -0.3 is 14.4 Å². The third-order valence-corrected chi connectivity index (χ3v) is 3.07. The van der Waals surface area contributed by atoms with Crippen LogP contribution >= 0.6 is 0 Å². The zero-order chi connectivity index (χ0) is 14.7. The van der Waals surface area contributed by atoms with Crippen molar-refractivity contribution in [1.82, 2.24) is 4.90 Å². The number of allylic oxidation sites excluding steroid dienone is 1. The van der Waals surface area contributed by atoms with Gasteiger partial charge in [0.05, 0.1) is 19.2 Å². The maximum Gasteiger partial charge on any atom is 0.337 e. The van der Waals surface area contributed by atoms with E-state index in [0.29, 0.717) is 23.6 Å². The van der Waals surface area contributed by atoms with Gasteiger partial charge >= 0.3 is 5.97 Å². The average Bonchev–Trinajstić information content (AvgIpc) is 2.64. The van der Waals surface area contributed by atoms with Crippen LogP contribution in [-0.2, 0) is 16.1 Å². The van der Waals surface area contributed by atoms with Crippen LogP contribution in [0.1, 0.15) is 29.8 Å². The van der Waals surface area contributed by atoms with Crippen LogP contribution in [0.25, 0.3) is 0 Å². The highest BCUT2D eigenvalue weighted by Gasteiger charge is 2.19. The van der Waals surface area contributed by atoms with Crippen LogP contribution in [0.15, 0.2) is 30.2 Å². The molecule has 0 radical (unpaired) electrons. The molecule has 1 heterocycles. The lowest BCUT2D eigenvalue weighted by atomic mass is 10.1. The summed E-state index contributed by atoms with van der Waals surface area (Å²) in [5.74, 6) is 0.975. The molecule has 20 heavy (non-hydrogen) atoms. The summed E-state index contributed by atoms with van der Waals surface area (Å²) in [6, 6.07) is 5.08. The molecular formula is C15H17NO4. The van der Waals surface area contributed by atoms with Crippen LogP contribution in [0, 0.1) is 5.92 Å². The van der Waals surface area contributed by atoms with Gasteiger partial charge in [-0.3, -0.25) is 4.79 Å². The number of hydrogen-bond acceptors (Lipinski definition) is 4. The Kier molecular flexibility index (Phi) is 4.08. The number of benzene rings is 1. The normalized spacial score (nSPS) is 14.0. The molecule has 0 unspecified atom stereocenters. The number of carbonyl (C=O) groups excluding carboxylic acids is 2. The van der Waals surface area contributed by atoms with Gasteiger partial charge in [0, 0.05) is 17.7 Å². The largest absolute Gasteiger partial charge is 0.465 e. The first-order valence-corrected chi connectivity index (χ1v) is 6.37. The highest BCUT2D eigenvalue weighted by Crippen LogP contribution is 2.29. The van der Waals surface area contributed by atoms with Crippen molar-refractivity contribution >= 4 is 12.4 Å². The second-order valence-corrected chi connectivity index (χ2v) is 4.88. The van der Waals surface area contributed by atoms with Gasteiger partial charge in [0.1, 0.15) is 11.5 Å². The molecule has 1 aliphatic heterocycles. The maximum absolute atomic E-state index is 11.6. The first-order valence-electron chi connectivity index (χ1n) is 6.37. The van der Waals surface area contributed by atoms with Gasteiger partial charge in [-0.25, -0.2) is 4.79 Å². The predicted octanol–water partition coefficient (Wildman–Crippen LogP) is 2.32. The number of rotatable bonds is 3. The van der Waals surface area contributed by atoms with Crippen molar-refractivity contribution in [3.63, 3.8) is 0 Å². The second kappa shape index (κ2) is 5.77. The molecule has 0 saturated carbocycles. The summed E-state index contributed by atoms with van der Waals surface area (Å²) < 4.78 is 10.5. The Morgan fingerprint density at radius 3 is 2.80 bits per heavy atom. The van der Waals surface area contributed by atoms with Crippen molar-refractivity contribution < 1.29 is 19.1 Å². The topological polar surface area (TPSA) is 55.8 Å². The highest BCUT2D eigenvalue weighted by atomic mass is 16.5. The molecular weight excluding hydrogens is 258 g/mol. The molecule has 0 saturated heterocycles. The highest BCUT2D eigenvalue weighted by molar-refractivity contribution is 5.90. The van der Waals surface area contributed by atoms with Crippen LogP contribution in [0.5, 0.6) is 5.75 Å². The van der Waals surface area contributed by atoms with E-state index in [2.05, 4.69) is 0 Å². The quantitative estimate of drug-likeness (QED) is 0.627. The van der Waals surface area contributed by atoms with Crippen molar-refractivity contribution in [2.24, 2.45) is 5.92 Å². The molecule has 2 rings (SSSR count). The van der Waals surface area contributed by atoms with E-state index in [-0.39, 0.29) is 5.92 Å². The van der Waals surface area contributed by atoms with Crippen LogP contribution in [0.2, 0.25) is 0 Å². The molecule has 1 aromatic carbocycles. The molecule has 0 N–H and O–H groups in total. The molecule has 0 fully saturated rings. The predicted molar refractivity (Wildman–Crippen MR) is 72.9 cm³/mol. The Bertz CT molecular complexity index is 563. The summed E-state index contributed by atoms with van der Waals surface area (Å²) in [6.45, 7) is 4.37. The van der Waals surface area contributed by atoms with E-state index in [1.54, 1.807) is 24.4 Å². The van der Waals surface area contributed by atoms with E-state index < -0.39 is 5.97 Å². The van der Waals surface area contributed by atoms with E-state index in [1.807, 2.05) is 13.8 Å². The molecule has 106 valence electrons. The summed E-state index contributed by atoms with van der Waals surface area (Å²) >= 11 is 0. The Morgan fingerprint density at radius 1 is 1.45 bits per heavy atom. The van der Waals surface area contributed by atoms with E-state index in [9.17, 15) is 9.59 Å². The molecule has 5 heteroatoms. The molecule has 0 bridgehead atoms. The van der Waals surface area contributed by atoms with E-state index in [1.165, 1.54) is 12.0 Å². The van der Waals surface area contributed by atoms with Gasteiger partial charge in [0.15, 0.2) is 0 Å². The number of amides is 1. The van der Waals surface area contributed by atoms with Crippen molar-refractivity contribution in [2.75, 3.05) is 7.11 Å². The number of hydrogen-bond donors (Lipinski definition) is 0. The summed E-state index contributed by atoms with van der Waals surface area (Å²) in [5, 5.41) is 0. The Labute approximate surface area is 117 Å². The van der Waals surface area contributed by atoms with Crippen LogP contribution < -0.4 is 4.74 Å². The zero-order valence-corrected chi connectivity index (χ0v) is 11.8. The number of fused-ring (bicyclic) bond motifs is 1. The molecule has 0 spiro atoms. The fraction of sp³-hybridized carbons (Fsp3) is 0.333. The fourth-order valence-electron chi connectivity index (χ4n) is 1.92. The number of methoxy groups -OCH3 is 1. The monoisotopic (exact) mass is 275 g/mol. The van der Waals surface area contributed by atoms with Gasteiger partial charge in [0.2, 0.25) is 6.41 Å². The lowest BCUT2D eigenvalue weighted by molar-refractivity contribution is -0.116. The minimum atomic E-state index is -0.414. The minimum absolute atomic E-state index is 0.130. The molecule has 0 aliphatic carbocycles. The molecule has 1 amide bonds. The first kappa shape index (κ1) is 14.1. The number of ether oxygens (including phenoxy) is 2. The summed E-state index contributed by atoms with van der Waals surface area (Å²) in [6.07, 6.45) is 2.45. The molecule has 5 nitrogen and oxygen atoms in total. The molecule has 0 aromatic heterocycles. The molecule has 0 atom stereocenters. The van der Waals surface area contributed by atoms with Crippen molar-refractivity contribution in [3.8, 4) is 5.75 Å². The standard InChI is InChI=1S/C15H17NO4/c1-10(2)14-8-16(9-17)7-12-5-4-11(15(18)19-3)6-13(12)20-14/h4-6,8-10H,7H2,1-3H3. The number of nitrogens with zero attached hydrogens (tertiary/aromatic N) is 1. The summed E-state index contributed by atoms with van der Waals surface area (Å²) in [4.78, 5) is 24.2. The number of esters is 1. The van der Waals surface area contributed by atoms with Crippen LogP contribution in [0.3, 0.4) is 0 Å². The third kappa shape index (κ3) is 2.82. The van der Waals surface area contributed by atoms with E-state index in [0.717, 1.165) is 12.0 Å². The minimum Gasteiger partial charge on any atom is -0.465 e. The van der Waals surface area contributed by atoms with Crippen molar-refractivity contribution in [3.05, 3.63) is 41.3 Å². The third-order valence-electron chi connectivity index (χ3n) is 3.07. The van der Waals surface area contributed by atoms with Gasteiger partial charge in [-0.2, -0.15) is 0 Å². The summed E-state index contributed by atoms with van der Waals surface area (Å²) in [5.41, 5.74) is 1.27. The molecule has 1 aliphatic rings. The first-order chi connectivity index (χ1) is 9.55. The SMILES string of the molecule is COC(=O)c1ccc2c(c1)OC(C(C)C)=CN(C=O)C2. The van der Waals surface area contributed by atoms with Crippen molar-refractivity contribution in [1.29, 1.82) is 0 Å². The lowest BCUT2D eigenvalue weighted by Crippen LogP contribution is -2.14. The number of carbonyl (C=O) groups is 2. The van der Waals surface area contributed by atoms with Gasteiger partial charge in [0.25, 0.3) is 0 Å². The van der Waals surface area contributed by atoms with Crippen LogP contribution in [-0.4, -0.2) is 24.4 Å². The van der Waals surface area contributed by atoms with E-state index in [4.69, 9.17) is 9.47 Å². The van der Waals surface area contributed by atoms with E-state index >= 15 is 0 Å².